The Kier molecular flexibility index (Phi) is 13.3. The van der Waals surface area contributed by atoms with Crippen LogP contribution in [-0.2, 0) is 41.4 Å². The largest absolute Gasteiger partial charge is 0.453 e. The molecule has 4 fully saturated rings. The number of H-pyrrole nitrogens is 2. The van der Waals surface area contributed by atoms with Crippen LogP contribution in [0.15, 0.2) is 48.8 Å². The third-order valence-electron chi connectivity index (χ3n) is 14.7. The highest BCUT2D eigenvalue weighted by atomic mass is 16.5. The number of fused-ring (bicyclic) bond motifs is 1. The zero-order valence-corrected chi connectivity index (χ0v) is 37.9. The van der Waals surface area contributed by atoms with Crippen molar-refractivity contribution in [3.63, 3.8) is 0 Å². The first kappa shape index (κ1) is 44.5. The number of nitrogens with one attached hydrogen (secondary N) is 4. The number of ether oxygens (including phenoxy) is 4. The molecule has 4 saturated heterocycles. The molecule has 65 heavy (non-hydrogen) atoms. The molecule has 16 heteroatoms. The standard InChI is InChI=1S/C49H62N8O8/c1-28-8-16-40(56(28)46(58)42(54-48(60)62-3)32-18-22-64-23-19-32)44-50-26-38(52-44)31-12-10-30(11-13-31)34-14-15-37(36-7-5-6-35(34)36)39-27-51-45(53-39)41-17-9-29(2)57(41)47(59)43(55-49(61)63-4)33-20-24-65-25-21-33/h10-15,26-29,32-33,40-43H,5-9,16-25H2,1-4H3,(H,50,52)(H,51,53)(H,54,60)(H,55,61)/t28-,29-,40-,41-,42-,43-/m0/s1. The van der Waals surface area contributed by atoms with Crippen LogP contribution < -0.4 is 10.6 Å². The Bertz CT molecular complexity index is 2350. The number of benzene rings is 2. The molecule has 16 nitrogen and oxygen atoms in total. The number of methoxy groups -OCH3 is 2. The number of hydrogen-bond donors (Lipinski definition) is 4. The molecule has 0 unspecified atom stereocenters. The molecule has 6 heterocycles. The summed E-state index contributed by atoms with van der Waals surface area (Å²) in [6.07, 6.45) is 11.5. The quantitative estimate of drug-likeness (QED) is 0.122. The second kappa shape index (κ2) is 19.4. The van der Waals surface area contributed by atoms with Gasteiger partial charge in [-0.2, -0.15) is 0 Å². The van der Waals surface area contributed by atoms with Crippen molar-refractivity contribution in [1.29, 1.82) is 0 Å². The molecule has 0 bridgehead atoms. The van der Waals surface area contributed by atoms with Gasteiger partial charge in [0.15, 0.2) is 0 Å². The van der Waals surface area contributed by atoms with E-state index in [0.717, 1.165) is 84.7 Å². The number of carbonyl (C=O) groups excluding carboxylic acids is 4. The van der Waals surface area contributed by atoms with Gasteiger partial charge < -0.3 is 49.3 Å². The molecular weight excluding hydrogens is 829 g/mol. The summed E-state index contributed by atoms with van der Waals surface area (Å²) >= 11 is 0. The number of aromatic amines is 2. The number of carbonyl (C=O) groups is 4. The Balaban J connectivity index is 0.911. The van der Waals surface area contributed by atoms with E-state index in [9.17, 15) is 19.2 Å². The number of likely N-dealkylation sites (tertiary alicyclic amines) is 2. The summed E-state index contributed by atoms with van der Waals surface area (Å²) < 4.78 is 21.0. The lowest BCUT2D eigenvalue weighted by molar-refractivity contribution is -0.139. The summed E-state index contributed by atoms with van der Waals surface area (Å²) in [5.41, 5.74) is 8.95. The minimum Gasteiger partial charge on any atom is -0.453 e. The number of amides is 4. The van der Waals surface area contributed by atoms with Crippen molar-refractivity contribution in [2.75, 3.05) is 40.6 Å². The molecule has 4 N–H and O–H groups in total. The fraction of sp³-hybridized carbons (Fsp3) is 0.551. The number of rotatable bonds is 11. The van der Waals surface area contributed by atoms with Crippen LogP contribution in [0.3, 0.4) is 0 Å². The smallest absolute Gasteiger partial charge is 0.407 e. The minimum atomic E-state index is -0.701. The molecule has 1 aliphatic carbocycles. The maximum absolute atomic E-state index is 14.3. The van der Waals surface area contributed by atoms with Crippen molar-refractivity contribution in [3.05, 3.63) is 71.6 Å². The highest BCUT2D eigenvalue weighted by molar-refractivity contribution is 5.88. The van der Waals surface area contributed by atoms with Crippen LogP contribution in [0.2, 0.25) is 0 Å². The fourth-order valence-electron chi connectivity index (χ4n) is 11.2. The van der Waals surface area contributed by atoms with Gasteiger partial charge in [-0.05, 0) is 124 Å². The van der Waals surface area contributed by atoms with Gasteiger partial charge in [-0.15, -0.1) is 0 Å². The molecule has 6 atom stereocenters. The zero-order valence-electron chi connectivity index (χ0n) is 37.9. The Morgan fingerprint density at radius 3 is 1.57 bits per heavy atom. The average Bonchev–Trinajstić information content (AvgIpc) is 4.21. The summed E-state index contributed by atoms with van der Waals surface area (Å²) in [4.78, 5) is 74.1. The van der Waals surface area contributed by atoms with E-state index in [4.69, 9.17) is 28.9 Å². The molecule has 0 spiro atoms. The van der Waals surface area contributed by atoms with Gasteiger partial charge in [-0.1, -0.05) is 36.4 Å². The molecule has 2 aromatic heterocycles. The lowest BCUT2D eigenvalue weighted by Crippen LogP contribution is -2.54. The highest BCUT2D eigenvalue weighted by Crippen LogP contribution is 2.42. The monoisotopic (exact) mass is 890 g/mol. The van der Waals surface area contributed by atoms with Crippen molar-refractivity contribution in [3.8, 4) is 33.6 Å². The zero-order chi connectivity index (χ0) is 45.2. The molecule has 0 saturated carbocycles. The molecule has 346 valence electrons. The van der Waals surface area contributed by atoms with E-state index in [-0.39, 0.29) is 47.8 Å². The topological polar surface area (TPSA) is 193 Å². The van der Waals surface area contributed by atoms with Gasteiger partial charge in [-0.3, -0.25) is 9.59 Å². The van der Waals surface area contributed by atoms with E-state index in [1.54, 1.807) is 0 Å². The Labute approximate surface area is 379 Å². The van der Waals surface area contributed by atoms with Gasteiger partial charge in [0.2, 0.25) is 11.8 Å². The van der Waals surface area contributed by atoms with E-state index >= 15 is 0 Å². The number of nitrogens with zero attached hydrogens (tertiary/aromatic N) is 4. The number of alkyl carbamates (subject to hydrolysis) is 2. The van der Waals surface area contributed by atoms with Gasteiger partial charge in [0, 0.05) is 44.1 Å². The van der Waals surface area contributed by atoms with Gasteiger partial charge in [0.25, 0.3) is 0 Å². The van der Waals surface area contributed by atoms with Crippen LogP contribution in [0.5, 0.6) is 0 Å². The summed E-state index contributed by atoms with van der Waals surface area (Å²) in [7, 11) is 2.64. The average molecular weight is 891 g/mol. The van der Waals surface area contributed by atoms with Crippen LogP contribution in [0.1, 0.15) is 106 Å². The first-order valence-electron chi connectivity index (χ1n) is 23.5. The van der Waals surface area contributed by atoms with Crippen molar-refractivity contribution < 1.29 is 38.1 Å². The first-order chi connectivity index (χ1) is 31.6. The van der Waals surface area contributed by atoms with Crippen LogP contribution >= 0.6 is 0 Å². The highest BCUT2D eigenvalue weighted by Gasteiger charge is 2.45. The predicted molar refractivity (Wildman–Crippen MR) is 241 cm³/mol. The number of imidazole rings is 2. The summed E-state index contributed by atoms with van der Waals surface area (Å²) in [5, 5.41) is 5.71. The molecular formula is C49H62N8O8. The summed E-state index contributed by atoms with van der Waals surface area (Å²) in [6.45, 7) is 6.35. The summed E-state index contributed by atoms with van der Waals surface area (Å²) in [6, 6.07) is 11.1. The summed E-state index contributed by atoms with van der Waals surface area (Å²) in [5.74, 6) is 1.19. The molecule has 4 aromatic rings. The lowest BCUT2D eigenvalue weighted by atomic mass is 9.90. The van der Waals surface area contributed by atoms with E-state index in [1.165, 1.54) is 30.9 Å². The first-order valence-corrected chi connectivity index (χ1v) is 23.5. The molecule has 4 amide bonds. The molecule has 4 aliphatic heterocycles. The van der Waals surface area contributed by atoms with Crippen molar-refractivity contribution in [1.82, 2.24) is 40.4 Å². The lowest BCUT2D eigenvalue weighted by Gasteiger charge is -2.36. The Morgan fingerprint density at radius 1 is 0.615 bits per heavy atom. The van der Waals surface area contributed by atoms with Crippen molar-refractivity contribution >= 4 is 24.0 Å². The maximum atomic E-state index is 14.3. The third kappa shape index (κ3) is 8.99. The SMILES string of the molecule is COC(=O)N[C@H](C(=O)N1[C@@H](C)CC[C@H]1c1ncc(-c2ccc(-c3ccc(-c4cnc([C@@H]5CC[C@H](C)N5C(=O)[C@@H](NC(=O)OC)C5CCOCC5)[nH]4)c4c3CCC4)cc2)[nH]1)C1CCOCC1. The minimum absolute atomic E-state index is 0.0104. The van der Waals surface area contributed by atoms with E-state index in [2.05, 4.69) is 70.8 Å². The van der Waals surface area contributed by atoms with Crippen LogP contribution in [0.25, 0.3) is 33.6 Å². The van der Waals surface area contributed by atoms with Gasteiger partial charge in [0.05, 0.1) is 50.1 Å². The molecule has 5 aliphatic rings. The number of aromatic nitrogens is 4. The van der Waals surface area contributed by atoms with Crippen LogP contribution in [-0.4, -0.2) is 119 Å². The van der Waals surface area contributed by atoms with Crippen molar-refractivity contribution in [2.45, 2.75) is 121 Å². The second-order valence-corrected chi connectivity index (χ2v) is 18.4. The Hall–Kier alpha value is -5.74. The van der Waals surface area contributed by atoms with E-state index < -0.39 is 24.3 Å². The predicted octanol–water partition coefficient (Wildman–Crippen LogP) is 7.03. The maximum Gasteiger partial charge on any atom is 0.407 e. The van der Waals surface area contributed by atoms with Crippen LogP contribution in [0, 0.1) is 11.8 Å². The van der Waals surface area contributed by atoms with Gasteiger partial charge >= 0.3 is 12.2 Å². The third-order valence-corrected chi connectivity index (χ3v) is 14.7. The molecule has 0 radical (unpaired) electrons. The normalized spacial score (nSPS) is 23.5. The second-order valence-electron chi connectivity index (χ2n) is 18.4. The Morgan fingerprint density at radius 2 is 1.06 bits per heavy atom. The fourth-order valence-corrected chi connectivity index (χ4v) is 11.2. The van der Waals surface area contributed by atoms with Gasteiger partial charge in [0.1, 0.15) is 23.7 Å². The van der Waals surface area contributed by atoms with Crippen LogP contribution in [0.4, 0.5) is 9.59 Å². The van der Waals surface area contributed by atoms with E-state index in [1.807, 2.05) is 22.2 Å². The number of hydrogen-bond acceptors (Lipinski definition) is 10. The molecule has 9 rings (SSSR count). The van der Waals surface area contributed by atoms with E-state index in [0.29, 0.717) is 52.1 Å². The molecule has 2 aromatic carbocycles. The van der Waals surface area contributed by atoms with Gasteiger partial charge in [-0.25, -0.2) is 19.6 Å². The van der Waals surface area contributed by atoms with Crippen molar-refractivity contribution in [2.24, 2.45) is 11.8 Å².